The van der Waals surface area contributed by atoms with E-state index in [-0.39, 0.29) is 5.66 Å². The van der Waals surface area contributed by atoms with E-state index in [0.29, 0.717) is 0 Å². The molecule has 3 aliphatic heterocycles. The average Bonchev–Trinajstić information content (AvgIpc) is 3.36. The quantitative estimate of drug-likeness (QED) is 0.846. The van der Waals surface area contributed by atoms with Crippen molar-refractivity contribution < 1.29 is 0 Å². The second-order valence-electron chi connectivity index (χ2n) is 8.69. The van der Waals surface area contributed by atoms with Crippen molar-refractivity contribution >= 4 is 11.5 Å². The Morgan fingerprint density at radius 3 is 2.79 bits per heavy atom. The molecule has 0 unspecified atom stereocenters. The number of piperidine rings is 1. The van der Waals surface area contributed by atoms with Gasteiger partial charge in [-0.3, -0.25) is 14.6 Å². The molecule has 1 aromatic heterocycles. The van der Waals surface area contributed by atoms with E-state index in [9.17, 15) is 0 Å². The number of benzene rings is 1. The van der Waals surface area contributed by atoms with Crippen LogP contribution in [0.15, 0.2) is 35.5 Å². The third kappa shape index (κ3) is 3.33. The SMILES string of the molecule is CCCCn1cc(CN2CCC3(CC2)Nc2ccccc2C2=NCCN23)c(C)n1. The van der Waals surface area contributed by atoms with E-state index in [0.717, 1.165) is 52.1 Å². The fourth-order valence-corrected chi connectivity index (χ4v) is 5.07. The van der Waals surface area contributed by atoms with Crippen LogP contribution in [-0.4, -0.2) is 57.3 Å². The zero-order chi connectivity index (χ0) is 19.8. The standard InChI is InChI=1S/C23H32N6/c1-3-4-12-28-17-19(18(2)26-28)16-27-13-9-23(10-14-27)25-21-8-6-5-7-20(21)22-24-11-15-29(22)23/h5-8,17,25H,3-4,9-16H2,1-2H3. The number of nitrogens with one attached hydrogen (secondary N) is 1. The van der Waals surface area contributed by atoms with Crippen molar-refractivity contribution in [3.05, 3.63) is 47.3 Å². The average molecular weight is 393 g/mol. The number of nitrogens with zero attached hydrogens (tertiary/aromatic N) is 5. The number of hydrogen-bond acceptors (Lipinski definition) is 5. The highest BCUT2D eigenvalue weighted by Crippen LogP contribution is 2.39. The number of amidine groups is 1. The van der Waals surface area contributed by atoms with Crippen LogP contribution in [0.2, 0.25) is 0 Å². The maximum atomic E-state index is 4.85. The summed E-state index contributed by atoms with van der Waals surface area (Å²) in [7, 11) is 0. The molecule has 3 aliphatic rings. The Labute approximate surface area is 173 Å². The Bertz CT molecular complexity index is 906. The number of para-hydroxylation sites is 1. The van der Waals surface area contributed by atoms with Crippen LogP contribution < -0.4 is 5.32 Å². The maximum absolute atomic E-state index is 4.85. The van der Waals surface area contributed by atoms with Crippen molar-refractivity contribution in [3.8, 4) is 0 Å². The van der Waals surface area contributed by atoms with Gasteiger partial charge in [-0.25, -0.2) is 0 Å². The van der Waals surface area contributed by atoms with Crippen molar-refractivity contribution in [1.29, 1.82) is 0 Å². The predicted molar refractivity (Wildman–Crippen MR) is 117 cm³/mol. The maximum Gasteiger partial charge on any atom is 0.134 e. The molecule has 5 rings (SSSR count). The van der Waals surface area contributed by atoms with E-state index in [1.54, 1.807) is 0 Å². The molecular formula is C23H32N6. The van der Waals surface area contributed by atoms with Gasteiger partial charge in [-0.05, 0) is 25.5 Å². The smallest absolute Gasteiger partial charge is 0.134 e. The summed E-state index contributed by atoms with van der Waals surface area (Å²) < 4.78 is 2.13. The van der Waals surface area contributed by atoms with Gasteiger partial charge in [0.2, 0.25) is 0 Å². The highest BCUT2D eigenvalue weighted by molar-refractivity contribution is 6.06. The third-order valence-corrected chi connectivity index (χ3v) is 6.76. The van der Waals surface area contributed by atoms with Crippen LogP contribution in [0.25, 0.3) is 0 Å². The minimum atomic E-state index is 0.0144. The summed E-state index contributed by atoms with van der Waals surface area (Å²) in [5, 5.41) is 8.63. The van der Waals surface area contributed by atoms with E-state index in [1.807, 2.05) is 0 Å². The van der Waals surface area contributed by atoms with E-state index in [4.69, 9.17) is 10.1 Å². The van der Waals surface area contributed by atoms with Crippen LogP contribution >= 0.6 is 0 Å². The number of aromatic nitrogens is 2. The van der Waals surface area contributed by atoms with Gasteiger partial charge in [-0.15, -0.1) is 0 Å². The number of unbranched alkanes of at least 4 members (excludes halogenated alkanes) is 1. The highest BCUT2D eigenvalue weighted by atomic mass is 15.4. The van der Waals surface area contributed by atoms with Crippen molar-refractivity contribution in [2.45, 2.75) is 58.3 Å². The minimum Gasteiger partial charge on any atom is -0.362 e. The molecule has 0 atom stereocenters. The first kappa shape index (κ1) is 18.7. The molecule has 154 valence electrons. The Kier molecular flexibility index (Phi) is 4.82. The van der Waals surface area contributed by atoms with Crippen molar-refractivity contribution in [2.75, 3.05) is 31.5 Å². The van der Waals surface area contributed by atoms with Gasteiger partial charge in [-0.1, -0.05) is 25.5 Å². The molecule has 29 heavy (non-hydrogen) atoms. The number of likely N-dealkylation sites (tertiary alicyclic amines) is 1. The lowest BCUT2D eigenvalue weighted by Crippen LogP contribution is -2.63. The lowest BCUT2D eigenvalue weighted by molar-refractivity contribution is 0.0894. The molecule has 6 heteroatoms. The molecule has 2 aromatic rings. The lowest BCUT2D eigenvalue weighted by Gasteiger charge is -2.52. The van der Waals surface area contributed by atoms with E-state index in [2.05, 4.69) is 64.1 Å². The zero-order valence-electron chi connectivity index (χ0n) is 17.7. The van der Waals surface area contributed by atoms with Gasteiger partial charge in [-0.2, -0.15) is 5.10 Å². The summed E-state index contributed by atoms with van der Waals surface area (Å²) in [6, 6.07) is 8.64. The number of rotatable bonds is 5. The zero-order valence-corrected chi connectivity index (χ0v) is 17.7. The fourth-order valence-electron chi connectivity index (χ4n) is 5.07. The van der Waals surface area contributed by atoms with Gasteiger partial charge in [0.15, 0.2) is 0 Å². The summed E-state index contributed by atoms with van der Waals surface area (Å²) in [5.74, 6) is 1.20. The molecule has 4 heterocycles. The van der Waals surface area contributed by atoms with Crippen LogP contribution in [0.5, 0.6) is 0 Å². The summed E-state index contributed by atoms with van der Waals surface area (Å²) in [4.78, 5) is 9.99. The Balaban J connectivity index is 1.28. The van der Waals surface area contributed by atoms with Crippen LogP contribution in [0.3, 0.4) is 0 Å². The second kappa shape index (κ2) is 7.48. The molecule has 0 radical (unpaired) electrons. The first-order valence-corrected chi connectivity index (χ1v) is 11.1. The van der Waals surface area contributed by atoms with Gasteiger partial charge in [0.1, 0.15) is 11.5 Å². The fraction of sp³-hybridized carbons (Fsp3) is 0.565. The number of aliphatic imine (C=N–C) groups is 1. The molecule has 0 aliphatic carbocycles. The lowest BCUT2D eigenvalue weighted by atomic mass is 9.90. The van der Waals surface area contributed by atoms with Crippen molar-refractivity contribution in [2.24, 2.45) is 4.99 Å². The number of fused-ring (bicyclic) bond motifs is 4. The Morgan fingerprint density at radius 1 is 1.14 bits per heavy atom. The topological polar surface area (TPSA) is 48.7 Å². The molecule has 1 aromatic carbocycles. The largest absolute Gasteiger partial charge is 0.362 e. The van der Waals surface area contributed by atoms with E-state index in [1.165, 1.54) is 41.2 Å². The molecule has 6 nitrogen and oxygen atoms in total. The van der Waals surface area contributed by atoms with Crippen LogP contribution in [0, 0.1) is 6.92 Å². The summed E-state index contributed by atoms with van der Waals surface area (Å²) >= 11 is 0. The molecule has 1 saturated heterocycles. The van der Waals surface area contributed by atoms with Crippen LogP contribution in [0.4, 0.5) is 5.69 Å². The second-order valence-corrected chi connectivity index (χ2v) is 8.69. The number of anilines is 1. The van der Waals surface area contributed by atoms with Gasteiger partial charge in [0, 0.05) is 68.6 Å². The molecule has 0 saturated carbocycles. The third-order valence-electron chi connectivity index (χ3n) is 6.76. The van der Waals surface area contributed by atoms with E-state index >= 15 is 0 Å². The molecule has 0 bridgehead atoms. The normalized spacial score (nSPS) is 20.3. The number of hydrogen-bond donors (Lipinski definition) is 1. The van der Waals surface area contributed by atoms with Crippen LogP contribution in [0.1, 0.15) is 49.4 Å². The van der Waals surface area contributed by atoms with Crippen LogP contribution in [-0.2, 0) is 13.1 Å². The van der Waals surface area contributed by atoms with Gasteiger partial charge >= 0.3 is 0 Å². The van der Waals surface area contributed by atoms with Gasteiger partial charge < -0.3 is 10.2 Å². The molecular weight excluding hydrogens is 360 g/mol. The van der Waals surface area contributed by atoms with Gasteiger partial charge in [0.05, 0.1) is 12.2 Å². The first-order valence-electron chi connectivity index (χ1n) is 11.1. The molecule has 1 fully saturated rings. The van der Waals surface area contributed by atoms with E-state index < -0.39 is 0 Å². The Morgan fingerprint density at radius 2 is 1.97 bits per heavy atom. The molecule has 0 amide bonds. The predicted octanol–water partition coefficient (Wildman–Crippen LogP) is 3.47. The number of aryl methyl sites for hydroxylation is 2. The molecule has 1 N–H and O–H groups in total. The Hall–Kier alpha value is -2.34. The first-order chi connectivity index (χ1) is 14.2. The van der Waals surface area contributed by atoms with Crippen molar-refractivity contribution in [1.82, 2.24) is 19.6 Å². The summed E-state index contributed by atoms with van der Waals surface area (Å²) in [6.45, 7) is 10.5. The van der Waals surface area contributed by atoms with Crippen molar-refractivity contribution in [3.63, 3.8) is 0 Å². The monoisotopic (exact) mass is 392 g/mol. The molecule has 1 spiro atoms. The highest BCUT2D eigenvalue weighted by Gasteiger charge is 2.46. The van der Waals surface area contributed by atoms with Gasteiger partial charge in [0.25, 0.3) is 0 Å². The minimum absolute atomic E-state index is 0.0144. The summed E-state index contributed by atoms with van der Waals surface area (Å²) in [6.07, 6.45) is 6.89. The summed E-state index contributed by atoms with van der Waals surface area (Å²) in [5.41, 5.74) is 5.07.